The lowest BCUT2D eigenvalue weighted by atomic mass is 10.0. The van der Waals surface area contributed by atoms with Gasteiger partial charge in [0.05, 0.1) is 5.75 Å². The average molecular weight is 266 g/mol. The molecule has 0 fully saturated rings. The molecule has 0 aliphatic rings. The Morgan fingerprint density at radius 3 is 2.39 bits per heavy atom. The van der Waals surface area contributed by atoms with E-state index >= 15 is 0 Å². The Kier molecular flexibility index (Phi) is 5.69. The van der Waals surface area contributed by atoms with E-state index in [9.17, 15) is 4.79 Å². The quantitative estimate of drug-likeness (QED) is 0.889. The number of thioether (sulfide) groups is 1. The molecule has 2 N–H and O–H groups in total. The van der Waals surface area contributed by atoms with Gasteiger partial charge in [-0.05, 0) is 12.5 Å². The highest BCUT2D eigenvalue weighted by atomic mass is 32.2. The predicted octanol–water partition coefficient (Wildman–Crippen LogP) is 2.20. The van der Waals surface area contributed by atoms with Crippen LogP contribution in [-0.2, 0) is 4.79 Å². The van der Waals surface area contributed by atoms with Gasteiger partial charge in [-0.25, -0.2) is 0 Å². The average Bonchev–Trinajstić information content (AvgIpc) is 2.35. The molecule has 18 heavy (non-hydrogen) atoms. The van der Waals surface area contributed by atoms with Gasteiger partial charge < -0.3 is 10.6 Å². The number of nitrogens with zero attached hydrogens (tertiary/aromatic N) is 1. The number of benzene rings is 1. The Morgan fingerprint density at radius 2 is 1.89 bits per heavy atom. The zero-order valence-corrected chi connectivity index (χ0v) is 12.3. The number of hydrogen-bond acceptors (Lipinski definition) is 3. The summed E-state index contributed by atoms with van der Waals surface area (Å²) in [5.74, 6) is 0.608. The van der Waals surface area contributed by atoms with Crippen LogP contribution in [-0.4, -0.2) is 35.9 Å². The van der Waals surface area contributed by atoms with Gasteiger partial charge in [-0.3, -0.25) is 4.79 Å². The third kappa shape index (κ3) is 4.35. The van der Waals surface area contributed by atoms with Gasteiger partial charge in [0, 0.05) is 25.4 Å². The van der Waals surface area contributed by atoms with Crippen LogP contribution < -0.4 is 5.73 Å². The maximum atomic E-state index is 11.5. The Labute approximate surface area is 114 Å². The van der Waals surface area contributed by atoms with Crippen LogP contribution in [0.15, 0.2) is 24.3 Å². The molecular formula is C14H22N2OS. The molecule has 1 amide bonds. The van der Waals surface area contributed by atoms with Crippen molar-refractivity contribution >= 4 is 17.7 Å². The molecule has 0 spiro atoms. The van der Waals surface area contributed by atoms with E-state index in [1.165, 1.54) is 5.56 Å². The second-order valence-electron chi connectivity index (χ2n) is 4.74. The zero-order valence-electron chi connectivity index (χ0n) is 11.5. The largest absolute Gasteiger partial charge is 0.348 e. The number of carbonyl (C=O) groups excluding carboxylic acids is 1. The van der Waals surface area contributed by atoms with Gasteiger partial charge in [0.15, 0.2) is 0 Å². The molecule has 1 aromatic carbocycles. The third-order valence-electron chi connectivity index (χ3n) is 2.94. The van der Waals surface area contributed by atoms with Gasteiger partial charge in [-0.1, -0.05) is 36.8 Å². The van der Waals surface area contributed by atoms with Crippen LogP contribution in [0.5, 0.6) is 0 Å². The highest BCUT2D eigenvalue weighted by Crippen LogP contribution is 2.24. The summed E-state index contributed by atoms with van der Waals surface area (Å²) in [5.41, 5.74) is 8.56. The zero-order chi connectivity index (χ0) is 13.7. The molecule has 0 saturated carbocycles. The highest BCUT2D eigenvalue weighted by Gasteiger charge is 2.17. The summed E-state index contributed by atoms with van der Waals surface area (Å²) in [5, 5.41) is 0.219. The van der Waals surface area contributed by atoms with Crippen molar-refractivity contribution < 1.29 is 4.79 Å². The maximum absolute atomic E-state index is 11.5. The summed E-state index contributed by atoms with van der Waals surface area (Å²) >= 11 is 1.60. The summed E-state index contributed by atoms with van der Waals surface area (Å²) in [7, 11) is 3.54. The van der Waals surface area contributed by atoms with E-state index in [4.69, 9.17) is 5.73 Å². The Hall–Kier alpha value is -1.00. The summed E-state index contributed by atoms with van der Waals surface area (Å²) in [4.78, 5) is 13.1. The van der Waals surface area contributed by atoms with E-state index in [1.54, 1.807) is 30.8 Å². The van der Waals surface area contributed by atoms with Crippen LogP contribution in [0, 0.1) is 6.92 Å². The molecule has 100 valence electrons. The lowest BCUT2D eigenvalue weighted by Gasteiger charge is -2.20. The van der Waals surface area contributed by atoms with Crippen LogP contribution in [0.3, 0.4) is 0 Å². The van der Waals surface area contributed by atoms with Crippen molar-refractivity contribution in [1.82, 2.24) is 4.90 Å². The maximum Gasteiger partial charge on any atom is 0.232 e. The second-order valence-corrected chi connectivity index (χ2v) is 6.11. The fourth-order valence-corrected chi connectivity index (χ4v) is 2.52. The minimum absolute atomic E-state index is 0.0365. The molecule has 0 aliphatic carbocycles. The highest BCUT2D eigenvalue weighted by molar-refractivity contribution is 8.00. The van der Waals surface area contributed by atoms with E-state index in [-0.39, 0.29) is 17.2 Å². The van der Waals surface area contributed by atoms with Crippen LogP contribution in [0.1, 0.15) is 24.1 Å². The minimum Gasteiger partial charge on any atom is -0.348 e. The lowest BCUT2D eigenvalue weighted by molar-refractivity contribution is -0.125. The Bertz CT molecular complexity index is 389. The van der Waals surface area contributed by atoms with E-state index in [0.717, 1.165) is 5.56 Å². The number of nitrogens with two attached hydrogens (primary N) is 1. The SMILES string of the molecule is Cc1ccc(C(N)C(C)SCC(=O)N(C)C)cc1. The van der Waals surface area contributed by atoms with Crippen LogP contribution in [0.4, 0.5) is 0 Å². The van der Waals surface area contributed by atoms with Crippen LogP contribution >= 0.6 is 11.8 Å². The predicted molar refractivity (Wildman–Crippen MR) is 78.7 cm³/mol. The Morgan fingerprint density at radius 1 is 1.33 bits per heavy atom. The van der Waals surface area contributed by atoms with Crippen molar-refractivity contribution in [1.29, 1.82) is 0 Å². The fraction of sp³-hybridized carbons (Fsp3) is 0.500. The normalized spacial score (nSPS) is 14.1. The number of amides is 1. The first-order valence-corrected chi connectivity index (χ1v) is 7.10. The van der Waals surface area contributed by atoms with Crippen molar-refractivity contribution in [3.63, 3.8) is 0 Å². The molecule has 0 saturated heterocycles. The summed E-state index contributed by atoms with van der Waals surface area (Å²) < 4.78 is 0. The molecule has 4 heteroatoms. The second kappa shape index (κ2) is 6.81. The summed E-state index contributed by atoms with van der Waals surface area (Å²) in [6.45, 7) is 4.13. The molecule has 2 unspecified atom stereocenters. The van der Waals surface area contributed by atoms with Crippen molar-refractivity contribution in [2.24, 2.45) is 5.73 Å². The molecular weight excluding hydrogens is 244 g/mol. The van der Waals surface area contributed by atoms with Gasteiger partial charge in [0.25, 0.3) is 0 Å². The van der Waals surface area contributed by atoms with Gasteiger partial charge in [0.1, 0.15) is 0 Å². The van der Waals surface area contributed by atoms with Gasteiger partial charge >= 0.3 is 0 Å². The topological polar surface area (TPSA) is 46.3 Å². The smallest absolute Gasteiger partial charge is 0.232 e. The molecule has 0 heterocycles. The van der Waals surface area contributed by atoms with Crippen molar-refractivity contribution in [2.45, 2.75) is 25.1 Å². The van der Waals surface area contributed by atoms with Gasteiger partial charge in [0.2, 0.25) is 5.91 Å². The van der Waals surface area contributed by atoms with Crippen molar-refractivity contribution in [2.75, 3.05) is 19.8 Å². The number of aryl methyl sites for hydroxylation is 1. The molecule has 3 nitrogen and oxygen atoms in total. The molecule has 0 radical (unpaired) electrons. The van der Waals surface area contributed by atoms with Gasteiger partial charge in [-0.2, -0.15) is 0 Å². The van der Waals surface area contributed by atoms with Crippen LogP contribution in [0.25, 0.3) is 0 Å². The van der Waals surface area contributed by atoms with E-state index < -0.39 is 0 Å². The summed E-state index contributed by atoms with van der Waals surface area (Å²) in [6, 6.07) is 8.22. The van der Waals surface area contributed by atoms with E-state index in [2.05, 4.69) is 38.1 Å². The first-order chi connectivity index (χ1) is 8.41. The third-order valence-corrected chi connectivity index (χ3v) is 4.17. The molecule has 1 aromatic rings. The van der Waals surface area contributed by atoms with E-state index in [1.807, 2.05) is 0 Å². The lowest BCUT2D eigenvalue weighted by Crippen LogP contribution is -2.27. The van der Waals surface area contributed by atoms with Gasteiger partial charge in [-0.15, -0.1) is 11.8 Å². The first kappa shape index (κ1) is 15.1. The van der Waals surface area contributed by atoms with Crippen molar-refractivity contribution in [3.8, 4) is 0 Å². The minimum atomic E-state index is -0.0365. The number of carbonyl (C=O) groups is 1. The molecule has 0 bridgehead atoms. The molecule has 1 rings (SSSR count). The molecule has 0 aliphatic heterocycles. The summed E-state index contributed by atoms with van der Waals surface area (Å²) in [6.07, 6.45) is 0. The molecule has 0 aromatic heterocycles. The standard InChI is InChI=1S/C14H22N2OS/c1-10-5-7-12(8-6-10)14(15)11(2)18-9-13(17)16(3)4/h5-8,11,14H,9,15H2,1-4H3. The number of rotatable bonds is 5. The van der Waals surface area contributed by atoms with E-state index in [0.29, 0.717) is 5.75 Å². The fourth-order valence-electron chi connectivity index (χ4n) is 1.50. The Balaban J connectivity index is 2.53. The number of hydrogen-bond donors (Lipinski definition) is 1. The van der Waals surface area contributed by atoms with Crippen molar-refractivity contribution in [3.05, 3.63) is 35.4 Å². The monoisotopic (exact) mass is 266 g/mol. The molecule has 2 atom stereocenters. The first-order valence-electron chi connectivity index (χ1n) is 6.05. The van der Waals surface area contributed by atoms with Crippen LogP contribution in [0.2, 0.25) is 0 Å².